The number of carbonyl (C=O) groups is 2. The van der Waals surface area contributed by atoms with Gasteiger partial charge in [-0.15, -0.1) is 0 Å². The molecule has 8 aromatic rings. The van der Waals surface area contributed by atoms with Crippen molar-refractivity contribution < 1.29 is 24.2 Å². The second-order valence-electron chi connectivity index (χ2n) is 21.9. The van der Waals surface area contributed by atoms with Crippen molar-refractivity contribution in [1.29, 1.82) is 0 Å². The Labute approximate surface area is 437 Å². The number of halogens is 2. The molecule has 0 spiro atoms. The predicted molar refractivity (Wildman–Crippen MR) is 296 cm³/mol. The van der Waals surface area contributed by atoms with Gasteiger partial charge in [-0.2, -0.15) is 10.2 Å². The number of rotatable bonds is 17. The number of hydrogen-bond donors (Lipinski definition) is 3. The number of ether oxygens (including phenoxy) is 2. The fourth-order valence-corrected chi connectivity index (χ4v) is 10.2. The van der Waals surface area contributed by atoms with E-state index in [9.17, 15) is 14.7 Å². The number of hydrogen-bond acceptors (Lipinski definition) is 11. The highest BCUT2D eigenvalue weighted by Gasteiger charge is 2.31. The molecule has 0 aliphatic heterocycles. The van der Waals surface area contributed by atoms with Gasteiger partial charge in [0.25, 0.3) is 5.91 Å². The second kappa shape index (κ2) is 22.1. The zero-order valence-electron chi connectivity index (χ0n) is 43.5. The average molecular weight is 1070 g/mol. The van der Waals surface area contributed by atoms with Crippen molar-refractivity contribution in [2.45, 2.75) is 116 Å². The second-order valence-corrected chi connectivity index (χ2v) is 34.1. The molecule has 6 aromatic heterocycles. The number of aromatic carboxylic acids is 1. The van der Waals surface area contributed by atoms with Crippen molar-refractivity contribution in [3.05, 3.63) is 82.4 Å². The Morgan fingerprint density at radius 2 is 1.16 bits per heavy atom. The predicted octanol–water partition coefficient (Wildman–Crippen LogP) is 10.9. The first-order chi connectivity index (χ1) is 34.5. The minimum absolute atomic E-state index is 0.0847. The third-order valence-electron chi connectivity index (χ3n) is 13.2. The van der Waals surface area contributed by atoms with Crippen molar-refractivity contribution in [2.75, 3.05) is 13.2 Å². The highest BCUT2D eigenvalue weighted by atomic mass is 35.5. The van der Waals surface area contributed by atoms with E-state index in [0.29, 0.717) is 92.6 Å². The van der Waals surface area contributed by atoms with E-state index < -0.39 is 22.1 Å². The van der Waals surface area contributed by atoms with Crippen LogP contribution in [0.25, 0.3) is 66.9 Å². The normalized spacial score (nSPS) is 14.8. The number of carboxylic acids is 1. The third-order valence-corrected chi connectivity index (χ3v) is 17.1. The standard InChI is InChI=1S/C26H33ClN6O2Si.C21H24ClN5O3Si.C5H11N/c1-16(17-6-7-17)29-26(34)20-14-33(15-35-10-11-36(3,4)5)25-24(20)30-21(13-28-25)23-19-9-8-18(27)12-22(19)32(2)31-23;1-26-17-9-13(22)5-6-14(17)18(25-26)16-10-23-20-19(24-16)15(21(28)29)11-27(20)12-30-7-8-31(2,3)4;1-4(6)5-2-3-5/h8-9,12-14,16-17H,6-7,10-11,15H2,1-5H3,(H,29,34);5-6,9-11H,7-8,12H2,1-4H3,(H,28,29);4-5H,2-3,6H2,1H3/t16-;;4-/m0.0/s1. The molecule has 2 aromatic carbocycles. The van der Waals surface area contributed by atoms with Crippen LogP contribution >= 0.6 is 23.2 Å². The Kier molecular flexibility index (Phi) is 16.3. The lowest BCUT2D eigenvalue weighted by Gasteiger charge is -2.15. The summed E-state index contributed by atoms with van der Waals surface area (Å²) >= 11 is 12.3. The Morgan fingerprint density at radius 1 is 0.726 bits per heavy atom. The molecule has 6 heterocycles. The van der Waals surface area contributed by atoms with Gasteiger partial charge in [-0.1, -0.05) is 62.5 Å². The van der Waals surface area contributed by atoms with E-state index in [-0.39, 0.29) is 24.2 Å². The van der Waals surface area contributed by atoms with Gasteiger partial charge in [0, 0.05) is 88.8 Å². The Bertz CT molecular complexity index is 3290. The number of benzene rings is 2. The summed E-state index contributed by atoms with van der Waals surface area (Å²) in [4.78, 5) is 43.9. The van der Waals surface area contributed by atoms with E-state index >= 15 is 0 Å². The van der Waals surface area contributed by atoms with Crippen LogP contribution in [0, 0.1) is 11.8 Å². The van der Waals surface area contributed by atoms with Crippen LogP contribution in [0.5, 0.6) is 0 Å². The van der Waals surface area contributed by atoms with E-state index in [1.165, 1.54) is 19.0 Å². The van der Waals surface area contributed by atoms with Gasteiger partial charge in [0.15, 0.2) is 11.3 Å². The van der Waals surface area contributed by atoms with Crippen LogP contribution in [0.2, 0.25) is 61.4 Å². The van der Waals surface area contributed by atoms with Crippen LogP contribution in [0.3, 0.4) is 0 Å². The summed E-state index contributed by atoms with van der Waals surface area (Å²) in [5.41, 5.74) is 12.2. The number of amides is 1. The molecule has 2 atom stereocenters. The Morgan fingerprint density at radius 3 is 1.56 bits per heavy atom. The van der Waals surface area contributed by atoms with Crippen molar-refractivity contribution in [2.24, 2.45) is 31.7 Å². The molecule has 0 saturated heterocycles. The number of carbonyl (C=O) groups excluding carboxylic acids is 1. The molecule has 17 nitrogen and oxygen atoms in total. The topological polar surface area (TPSA) is 208 Å². The molecule has 388 valence electrons. The molecular formula is C52H68Cl2N12O5Si2. The van der Waals surface area contributed by atoms with E-state index in [1.54, 1.807) is 32.4 Å². The molecule has 0 radical (unpaired) electrons. The van der Waals surface area contributed by atoms with E-state index in [1.807, 2.05) is 55.2 Å². The maximum atomic E-state index is 13.3. The van der Waals surface area contributed by atoms with Gasteiger partial charge in [-0.3, -0.25) is 14.2 Å². The number of aryl methyl sites for hydroxylation is 2. The minimum atomic E-state index is -1.20. The first-order valence-corrected chi connectivity index (χ1v) is 33.1. The molecular weight excluding hydrogens is 1000 g/mol. The molecule has 1 amide bonds. The number of fused-ring (bicyclic) bond motifs is 4. The number of carboxylic acid groups (broad SMARTS) is 1. The van der Waals surface area contributed by atoms with Crippen LogP contribution in [-0.2, 0) is 37.0 Å². The fourth-order valence-electron chi connectivity index (χ4n) is 8.39. The molecule has 73 heavy (non-hydrogen) atoms. The van der Waals surface area contributed by atoms with Crippen molar-refractivity contribution in [3.63, 3.8) is 0 Å². The summed E-state index contributed by atoms with van der Waals surface area (Å²) in [5, 5.41) is 25.1. The Hall–Kier alpha value is -5.55. The fraction of sp³-hybridized carbons (Fsp3) is 0.462. The van der Waals surface area contributed by atoms with Crippen LogP contribution < -0.4 is 11.1 Å². The summed E-state index contributed by atoms with van der Waals surface area (Å²) in [7, 11) is 1.30. The lowest BCUT2D eigenvalue weighted by Crippen LogP contribution is -2.34. The first kappa shape index (κ1) is 53.7. The van der Waals surface area contributed by atoms with Gasteiger partial charge in [0.1, 0.15) is 52.8 Å². The average Bonchev–Trinajstić information content (AvgIpc) is 4.25. The van der Waals surface area contributed by atoms with Crippen molar-refractivity contribution in [3.8, 4) is 22.8 Å². The van der Waals surface area contributed by atoms with Gasteiger partial charge in [-0.05, 0) is 99.9 Å². The van der Waals surface area contributed by atoms with Crippen LogP contribution in [-0.4, -0.2) is 107 Å². The number of nitrogens with zero attached hydrogens (tertiary/aromatic N) is 10. The minimum Gasteiger partial charge on any atom is -0.478 e. The maximum Gasteiger partial charge on any atom is 0.339 e. The van der Waals surface area contributed by atoms with Crippen molar-refractivity contribution in [1.82, 2.24) is 53.9 Å². The molecule has 2 aliphatic rings. The number of nitrogens with two attached hydrogens (primary N) is 1. The van der Waals surface area contributed by atoms with Crippen LogP contribution in [0.4, 0.5) is 0 Å². The van der Waals surface area contributed by atoms with Gasteiger partial charge in [-0.25, -0.2) is 24.7 Å². The molecule has 10 rings (SSSR count). The summed E-state index contributed by atoms with van der Waals surface area (Å²) < 4.78 is 18.8. The van der Waals surface area contributed by atoms with E-state index in [4.69, 9.17) is 48.4 Å². The van der Waals surface area contributed by atoms with E-state index in [2.05, 4.69) is 78.6 Å². The molecule has 0 bridgehead atoms. The van der Waals surface area contributed by atoms with Crippen LogP contribution in [0.15, 0.2) is 61.2 Å². The van der Waals surface area contributed by atoms with Gasteiger partial charge < -0.3 is 34.8 Å². The summed E-state index contributed by atoms with van der Waals surface area (Å²) in [6.07, 6.45) is 11.7. The zero-order chi connectivity index (χ0) is 52.5. The summed E-state index contributed by atoms with van der Waals surface area (Å²) in [6, 6.07) is 13.9. The van der Waals surface area contributed by atoms with Crippen molar-refractivity contribution >= 4 is 95.4 Å². The monoisotopic (exact) mass is 1070 g/mol. The molecule has 21 heteroatoms. The smallest absolute Gasteiger partial charge is 0.339 e. The van der Waals surface area contributed by atoms with Gasteiger partial charge in [0.05, 0.1) is 29.0 Å². The SMILES string of the molecule is C[C@H](N)C1CC1.C[C@H](NC(=O)c1cn(COCC[Si](C)(C)C)c2ncc(-c3nn(C)c4cc(Cl)ccc34)nc12)C1CC1.Cn1nc(-c2cnc3c(n2)c(C(=O)O)cn3COCC[Si](C)(C)C)c2ccc(Cl)cc21. The Balaban J connectivity index is 0.000000176. The van der Waals surface area contributed by atoms with E-state index in [0.717, 1.165) is 52.7 Å². The van der Waals surface area contributed by atoms with Gasteiger partial charge in [0.2, 0.25) is 0 Å². The largest absolute Gasteiger partial charge is 0.478 e. The molecule has 2 fully saturated rings. The van der Waals surface area contributed by atoms with Gasteiger partial charge >= 0.3 is 5.97 Å². The highest BCUT2D eigenvalue weighted by Crippen LogP contribution is 2.34. The summed E-state index contributed by atoms with van der Waals surface area (Å²) in [5.74, 6) is 0.241. The van der Waals surface area contributed by atoms with Crippen LogP contribution in [0.1, 0.15) is 60.2 Å². The third kappa shape index (κ3) is 13.2. The quantitative estimate of drug-likeness (QED) is 0.0575. The first-order valence-electron chi connectivity index (χ1n) is 25.0. The number of aromatic nitrogens is 10. The maximum absolute atomic E-state index is 13.3. The molecule has 4 N–H and O–H groups in total. The lowest BCUT2D eigenvalue weighted by molar-refractivity contribution is 0.0695. The molecule has 2 saturated carbocycles. The molecule has 0 unspecified atom stereocenters. The lowest BCUT2D eigenvalue weighted by atomic mass is 10.1. The highest BCUT2D eigenvalue weighted by molar-refractivity contribution is 6.76. The number of nitrogens with one attached hydrogen (secondary N) is 1. The zero-order valence-corrected chi connectivity index (χ0v) is 47.1. The molecule has 2 aliphatic carbocycles. The summed E-state index contributed by atoms with van der Waals surface area (Å²) in [6.45, 7) is 19.8.